The van der Waals surface area contributed by atoms with Crippen molar-refractivity contribution < 1.29 is 9.53 Å². The van der Waals surface area contributed by atoms with Crippen LogP contribution in [0, 0.1) is 0 Å². The summed E-state index contributed by atoms with van der Waals surface area (Å²) < 4.78 is 5.72. The third-order valence-electron chi connectivity index (χ3n) is 4.11. The molecule has 2 fully saturated rings. The van der Waals surface area contributed by atoms with Crippen molar-refractivity contribution in [2.24, 2.45) is 5.73 Å². The molecule has 5 heteroatoms. The number of morpholine rings is 1. The Kier molecular flexibility index (Phi) is 4.81. The van der Waals surface area contributed by atoms with Gasteiger partial charge in [-0.2, -0.15) is 0 Å². The van der Waals surface area contributed by atoms with Gasteiger partial charge in [0.2, 0.25) is 5.91 Å². The van der Waals surface area contributed by atoms with E-state index in [4.69, 9.17) is 10.5 Å². The number of amides is 1. The molecule has 0 spiro atoms. The van der Waals surface area contributed by atoms with Crippen molar-refractivity contribution in [3.8, 4) is 0 Å². The van der Waals surface area contributed by atoms with E-state index in [2.05, 4.69) is 18.7 Å². The summed E-state index contributed by atoms with van der Waals surface area (Å²) in [6.07, 6.45) is 2.83. The average molecular weight is 269 g/mol. The van der Waals surface area contributed by atoms with E-state index in [1.807, 2.05) is 4.90 Å². The predicted octanol–water partition coefficient (Wildman–Crippen LogP) is 0.437. The van der Waals surface area contributed by atoms with E-state index in [9.17, 15) is 4.79 Å². The zero-order chi connectivity index (χ0) is 13.9. The summed E-state index contributed by atoms with van der Waals surface area (Å²) in [5.74, 6) is 0.261. The quantitative estimate of drug-likeness (QED) is 0.804. The number of likely N-dealkylation sites (tertiary alicyclic amines) is 1. The van der Waals surface area contributed by atoms with E-state index in [-0.39, 0.29) is 17.6 Å². The summed E-state index contributed by atoms with van der Waals surface area (Å²) in [7, 11) is 0. The Bertz CT molecular complexity index is 314. The van der Waals surface area contributed by atoms with Crippen molar-refractivity contribution in [2.75, 3.05) is 39.3 Å². The highest BCUT2D eigenvalue weighted by molar-refractivity contribution is 5.77. The number of rotatable bonds is 4. The van der Waals surface area contributed by atoms with Gasteiger partial charge in [-0.25, -0.2) is 0 Å². The first-order chi connectivity index (χ1) is 9.02. The molecule has 1 atom stereocenters. The van der Waals surface area contributed by atoms with E-state index in [0.717, 1.165) is 45.6 Å². The third-order valence-corrected chi connectivity index (χ3v) is 4.11. The highest BCUT2D eigenvalue weighted by Gasteiger charge is 2.32. The minimum Gasteiger partial charge on any atom is -0.373 e. The van der Waals surface area contributed by atoms with Crippen LogP contribution in [-0.4, -0.2) is 66.7 Å². The maximum atomic E-state index is 12.2. The van der Waals surface area contributed by atoms with Crippen LogP contribution >= 0.6 is 0 Å². The zero-order valence-corrected chi connectivity index (χ0v) is 12.2. The highest BCUT2D eigenvalue weighted by atomic mass is 16.5. The first kappa shape index (κ1) is 14.8. The molecule has 0 aliphatic carbocycles. The van der Waals surface area contributed by atoms with E-state index >= 15 is 0 Å². The summed E-state index contributed by atoms with van der Waals surface area (Å²) in [6, 6.07) is 0.149. The molecular formula is C14H27N3O2. The predicted molar refractivity (Wildman–Crippen MR) is 74.9 cm³/mol. The summed E-state index contributed by atoms with van der Waals surface area (Å²) in [4.78, 5) is 16.5. The summed E-state index contributed by atoms with van der Waals surface area (Å²) in [6.45, 7) is 9.01. The van der Waals surface area contributed by atoms with Crippen molar-refractivity contribution >= 4 is 5.91 Å². The van der Waals surface area contributed by atoms with Gasteiger partial charge < -0.3 is 15.4 Å². The Hall–Kier alpha value is -0.650. The second-order valence-corrected chi connectivity index (χ2v) is 6.26. The van der Waals surface area contributed by atoms with Crippen LogP contribution in [0.1, 0.15) is 33.1 Å². The van der Waals surface area contributed by atoms with Crippen LogP contribution in [0.3, 0.4) is 0 Å². The minimum atomic E-state index is -0.137. The van der Waals surface area contributed by atoms with Gasteiger partial charge in [-0.15, -0.1) is 0 Å². The van der Waals surface area contributed by atoms with Gasteiger partial charge in [0.05, 0.1) is 12.2 Å². The summed E-state index contributed by atoms with van der Waals surface area (Å²) in [5, 5.41) is 0. The molecule has 19 heavy (non-hydrogen) atoms. The summed E-state index contributed by atoms with van der Waals surface area (Å²) >= 11 is 0. The molecule has 0 saturated carbocycles. The van der Waals surface area contributed by atoms with Crippen LogP contribution in [0.5, 0.6) is 0 Å². The molecule has 0 aromatic heterocycles. The van der Waals surface area contributed by atoms with Gasteiger partial charge in [-0.05, 0) is 26.7 Å². The van der Waals surface area contributed by atoms with Gasteiger partial charge in [0.25, 0.3) is 0 Å². The second kappa shape index (κ2) is 6.20. The molecule has 1 unspecified atom stereocenters. The molecular weight excluding hydrogens is 242 g/mol. The topological polar surface area (TPSA) is 58.8 Å². The number of nitrogens with two attached hydrogens (primary N) is 1. The van der Waals surface area contributed by atoms with Gasteiger partial charge in [0.1, 0.15) is 0 Å². The van der Waals surface area contributed by atoms with E-state index in [1.54, 1.807) is 0 Å². The Morgan fingerprint density at radius 1 is 1.32 bits per heavy atom. The number of ether oxygens (including phenoxy) is 1. The summed E-state index contributed by atoms with van der Waals surface area (Å²) in [5.41, 5.74) is 5.75. The van der Waals surface area contributed by atoms with Crippen LogP contribution in [0.4, 0.5) is 0 Å². The molecule has 2 saturated heterocycles. The van der Waals surface area contributed by atoms with Crippen molar-refractivity contribution in [1.29, 1.82) is 0 Å². The Morgan fingerprint density at radius 3 is 2.58 bits per heavy atom. The first-order valence-electron chi connectivity index (χ1n) is 7.38. The fraction of sp³-hybridized carbons (Fsp3) is 0.929. The lowest BCUT2D eigenvalue weighted by molar-refractivity contribution is -0.134. The van der Waals surface area contributed by atoms with Crippen LogP contribution < -0.4 is 5.73 Å². The van der Waals surface area contributed by atoms with Gasteiger partial charge in [-0.1, -0.05) is 0 Å². The van der Waals surface area contributed by atoms with Crippen molar-refractivity contribution in [3.05, 3.63) is 0 Å². The van der Waals surface area contributed by atoms with Crippen LogP contribution in [-0.2, 0) is 9.53 Å². The van der Waals surface area contributed by atoms with Crippen LogP contribution in [0.2, 0.25) is 0 Å². The van der Waals surface area contributed by atoms with E-state index in [0.29, 0.717) is 13.0 Å². The molecule has 0 radical (unpaired) electrons. The number of carbonyl (C=O) groups excluding carboxylic acids is 1. The van der Waals surface area contributed by atoms with Gasteiger partial charge in [0.15, 0.2) is 0 Å². The fourth-order valence-electron chi connectivity index (χ4n) is 3.02. The second-order valence-electron chi connectivity index (χ2n) is 6.26. The number of nitrogens with zero attached hydrogens (tertiary/aromatic N) is 2. The molecule has 5 nitrogen and oxygen atoms in total. The monoisotopic (exact) mass is 269 g/mol. The van der Waals surface area contributed by atoms with Gasteiger partial charge in [-0.3, -0.25) is 9.69 Å². The van der Waals surface area contributed by atoms with Crippen molar-refractivity contribution in [2.45, 2.75) is 44.8 Å². The lowest BCUT2D eigenvalue weighted by Crippen LogP contribution is -2.55. The molecule has 2 N–H and O–H groups in total. The van der Waals surface area contributed by atoms with Crippen LogP contribution in [0.25, 0.3) is 0 Å². The average Bonchev–Trinajstić information content (AvgIpc) is 2.88. The van der Waals surface area contributed by atoms with E-state index in [1.165, 1.54) is 0 Å². The highest BCUT2D eigenvalue weighted by Crippen LogP contribution is 2.20. The van der Waals surface area contributed by atoms with Gasteiger partial charge in [0, 0.05) is 45.2 Å². The smallest absolute Gasteiger partial charge is 0.224 e. The lowest BCUT2D eigenvalue weighted by Gasteiger charge is -2.42. The number of hydrogen-bond acceptors (Lipinski definition) is 4. The maximum Gasteiger partial charge on any atom is 0.224 e. The molecule has 2 aliphatic rings. The number of carbonyl (C=O) groups is 1. The molecule has 2 rings (SSSR count). The standard InChI is InChI=1S/C14H27N3O2/c1-14(2)11-17(7-8-19-14)12(10-15)9-13(18)16-5-3-4-6-16/h12H,3-11,15H2,1-2H3. The Balaban J connectivity index is 1.90. The van der Waals surface area contributed by atoms with E-state index < -0.39 is 0 Å². The molecule has 2 heterocycles. The largest absolute Gasteiger partial charge is 0.373 e. The molecule has 0 aromatic rings. The maximum absolute atomic E-state index is 12.2. The SMILES string of the molecule is CC1(C)CN(C(CN)CC(=O)N2CCCC2)CCO1. The fourth-order valence-corrected chi connectivity index (χ4v) is 3.02. The van der Waals surface area contributed by atoms with Crippen LogP contribution in [0.15, 0.2) is 0 Å². The Morgan fingerprint density at radius 2 is 2.00 bits per heavy atom. The molecule has 110 valence electrons. The van der Waals surface area contributed by atoms with Crippen molar-refractivity contribution in [3.63, 3.8) is 0 Å². The Labute approximate surface area is 116 Å². The normalized spacial score (nSPS) is 25.5. The zero-order valence-electron chi connectivity index (χ0n) is 12.2. The third kappa shape index (κ3) is 3.91. The minimum absolute atomic E-state index is 0.137. The van der Waals surface area contributed by atoms with Gasteiger partial charge >= 0.3 is 0 Å². The lowest BCUT2D eigenvalue weighted by atomic mass is 10.0. The number of hydrogen-bond donors (Lipinski definition) is 1. The molecule has 0 bridgehead atoms. The molecule has 1 amide bonds. The molecule has 0 aromatic carbocycles. The van der Waals surface area contributed by atoms with Crippen molar-refractivity contribution in [1.82, 2.24) is 9.80 Å². The first-order valence-corrected chi connectivity index (χ1v) is 7.38. The molecule has 2 aliphatic heterocycles.